The van der Waals surface area contributed by atoms with E-state index in [9.17, 15) is 4.79 Å². The highest BCUT2D eigenvalue weighted by Gasteiger charge is 2.04. The maximum absolute atomic E-state index is 11.1. The van der Waals surface area contributed by atoms with E-state index in [4.69, 9.17) is 5.84 Å². The second-order valence-corrected chi connectivity index (χ2v) is 3.62. The lowest BCUT2D eigenvalue weighted by Crippen LogP contribution is -2.35. The average molecular weight is 313 g/mol. The number of hydrazine groups is 1. The lowest BCUT2D eigenvalue weighted by Gasteiger charge is -2.13. The Morgan fingerprint density at radius 1 is 1.25 bits per heavy atom. The first-order chi connectivity index (χ1) is 8.66. The zero-order valence-corrected chi connectivity index (χ0v) is 12.3. The highest BCUT2D eigenvalue weighted by atomic mass is 35.5. The van der Waals surface area contributed by atoms with Gasteiger partial charge in [-0.2, -0.15) is 0 Å². The molecule has 0 aliphatic carbocycles. The van der Waals surface area contributed by atoms with Gasteiger partial charge in [0.25, 0.3) is 0 Å². The summed E-state index contributed by atoms with van der Waals surface area (Å²) in [5.41, 5.74) is 1.46. The average Bonchev–Trinajstić information content (AvgIpc) is 2.89. The fraction of sp³-hybridized carbons (Fsp3) is 0.0769. The van der Waals surface area contributed by atoms with Crippen LogP contribution in [0.1, 0.15) is 18.3 Å². The van der Waals surface area contributed by atoms with Crippen LogP contribution in [0, 0.1) is 11.8 Å². The van der Waals surface area contributed by atoms with Gasteiger partial charge in [-0.25, -0.2) is 15.8 Å². The highest BCUT2D eigenvalue weighted by Crippen LogP contribution is 2.11. The number of carbonyl (C=O) groups is 1. The Hall–Kier alpha value is -2.00. The van der Waals surface area contributed by atoms with Crippen LogP contribution in [-0.4, -0.2) is 15.9 Å². The predicted octanol–water partition coefficient (Wildman–Crippen LogP) is 1.88. The number of aromatic nitrogens is 2. The van der Waals surface area contributed by atoms with Crippen molar-refractivity contribution in [3.8, 4) is 11.8 Å². The van der Waals surface area contributed by atoms with Crippen molar-refractivity contribution in [2.75, 3.05) is 5.01 Å². The molecule has 0 aliphatic rings. The SMILES string of the molecule is CC(=O)N(N)c1ccc(C#Cc2ncc[nH]2)cc1.Cl.Cl. The number of nitrogens with zero attached hydrogens (tertiary/aromatic N) is 2. The van der Waals surface area contributed by atoms with E-state index >= 15 is 0 Å². The van der Waals surface area contributed by atoms with Gasteiger partial charge in [-0.1, -0.05) is 5.92 Å². The van der Waals surface area contributed by atoms with Crippen molar-refractivity contribution in [1.29, 1.82) is 0 Å². The van der Waals surface area contributed by atoms with E-state index in [1.54, 1.807) is 36.7 Å². The summed E-state index contributed by atoms with van der Waals surface area (Å²) in [7, 11) is 0. The van der Waals surface area contributed by atoms with E-state index in [1.165, 1.54) is 6.92 Å². The van der Waals surface area contributed by atoms with Gasteiger partial charge < -0.3 is 4.98 Å². The molecule has 1 heterocycles. The van der Waals surface area contributed by atoms with Crippen molar-refractivity contribution >= 4 is 36.4 Å². The number of benzene rings is 1. The molecular formula is C13H14Cl2N4O. The Morgan fingerprint density at radius 3 is 2.40 bits per heavy atom. The van der Waals surface area contributed by atoms with Crippen molar-refractivity contribution in [3.63, 3.8) is 0 Å². The second-order valence-electron chi connectivity index (χ2n) is 3.62. The molecule has 106 valence electrons. The lowest BCUT2D eigenvalue weighted by molar-refractivity contribution is -0.116. The van der Waals surface area contributed by atoms with Crippen LogP contribution in [0.2, 0.25) is 0 Å². The fourth-order valence-electron chi connectivity index (χ4n) is 1.35. The molecule has 5 nitrogen and oxygen atoms in total. The molecule has 0 unspecified atom stereocenters. The molecule has 3 N–H and O–H groups in total. The fourth-order valence-corrected chi connectivity index (χ4v) is 1.35. The van der Waals surface area contributed by atoms with Crippen LogP contribution in [0.15, 0.2) is 36.7 Å². The molecule has 1 aromatic heterocycles. The van der Waals surface area contributed by atoms with Crippen LogP contribution in [0.4, 0.5) is 5.69 Å². The van der Waals surface area contributed by atoms with Crippen LogP contribution in [-0.2, 0) is 4.79 Å². The molecule has 0 saturated carbocycles. The zero-order chi connectivity index (χ0) is 13.0. The number of H-pyrrole nitrogens is 1. The van der Waals surface area contributed by atoms with Crippen LogP contribution < -0.4 is 10.9 Å². The molecule has 0 saturated heterocycles. The number of amides is 1. The molecule has 0 atom stereocenters. The summed E-state index contributed by atoms with van der Waals surface area (Å²) in [5.74, 6) is 11.8. The number of imidazole rings is 1. The summed E-state index contributed by atoms with van der Waals surface area (Å²) in [6, 6.07) is 7.09. The zero-order valence-electron chi connectivity index (χ0n) is 10.7. The third-order valence-electron chi connectivity index (χ3n) is 2.31. The van der Waals surface area contributed by atoms with Crippen molar-refractivity contribution in [2.45, 2.75) is 6.92 Å². The second kappa shape index (κ2) is 8.23. The highest BCUT2D eigenvalue weighted by molar-refractivity contribution is 5.90. The molecule has 1 amide bonds. The molecule has 20 heavy (non-hydrogen) atoms. The molecule has 7 heteroatoms. The van der Waals surface area contributed by atoms with Gasteiger partial charge in [0.05, 0.1) is 5.69 Å². The van der Waals surface area contributed by atoms with E-state index < -0.39 is 0 Å². The summed E-state index contributed by atoms with van der Waals surface area (Å²) < 4.78 is 0. The number of hydrogen-bond donors (Lipinski definition) is 2. The van der Waals surface area contributed by atoms with E-state index in [2.05, 4.69) is 21.8 Å². The Bertz CT molecular complexity index is 600. The maximum atomic E-state index is 11.1. The predicted molar refractivity (Wildman–Crippen MR) is 82.9 cm³/mol. The Labute approximate surface area is 129 Å². The summed E-state index contributed by atoms with van der Waals surface area (Å²) in [4.78, 5) is 18.0. The minimum absolute atomic E-state index is 0. The first-order valence-corrected chi connectivity index (χ1v) is 5.33. The topological polar surface area (TPSA) is 75.0 Å². The van der Waals surface area contributed by atoms with Gasteiger partial charge in [0, 0.05) is 24.9 Å². The number of anilines is 1. The molecule has 0 fully saturated rings. The molecule has 2 aromatic rings. The normalized spacial score (nSPS) is 8.50. The minimum Gasteiger partial charge on any atom is -0.338 e. The quantitative estimate of drug-likeness (QED) is 0.365. The van der Waals surface area contributed by atoms with Crippen molar-refractivity contribution in [3.05, 3.63) is 48.0 Å². The van der Waals surface area contributed by atoms with Gasteiger partial charge in [0.15, 0.2) is 5.82 Å². The van der Waals surface area contributed by atoms with Gasteiger partial charge in [-0.15, -0.1) is 24.8 Å². The van der Waals surface area contributed by atoms with Crippen molar-refractivity contribution in [1.82, 2.24) is 9.97 Å². The first-order valence-electron chi connectivity index (χ1n) is 5.33. The minimum atomic E-state index is -0.218. The number of rotatable bonds is 1. The van der Waals surface area contributed by atoms with Crippen molar-refractivity contribution in [2.24, 2.45) is 5.84 Å². The number of nitrogens with two attached hydrogens (primary N) is 1. The lowest BCUT2D eigenvalue weighted by atomic mass is 10.2. The molecule has 0 bridgehead atoms. The van der Waals surface area contributed by atoms with Crippen molar-refractivity contribution < 1.29 is 4.79 Å². The number of carbonyl (C=O) groups excluding carboxylic acids is 1. The van der Waals surface area contributed by atoms with E-state index in [0.29, 0.717) is 11.5 Å². The van der Waals surface area contributed by atoms with Crippen LogP contribution in [0.5, 0.6) is 0 Å². The molecule has 1 aromatic carbocycles. The Balaban J connectivity index is 0.00000180. The van der Waals surface area contributed by atoms with Gasteiger partial charge in [0.1, 0.15) is 0 Å². The smallest absolute Gasteiger partial charge is 0.238 e. The Morgan fingerprint density at radius 2 is 1.90 bits per heavy atom. The first kappa shape index (κ1) is 18.0. The van der Waals surface area contributed by atoms with E-state index in [0.717, 1.165) is 10.6 Å². The van der Waals surface area contributed by atoms with Gasteiger partial charge >= 0.3 is 0 Å². The summed E-state index contributed by atoms with van der Waals surface area (Å²) in [6.45, 7) is 1.41. The molecule has 0 spiro atoms. The standard InChI is InChI=1S/C13H12N4O.2ClH/c1-10(18)17(14)12-5-2-11(3-6-12)4-7-13-15-8-9-16-13;;/h2-3,5-6,8-9H,14H2,1H3,(H,15,16);2*1H. The number of nitrogens with one attached hydrogen (secondary N) is 1. The molecule has 0 radical (unpaired) electrons. The van der Waals surface area contributed by atoms with Crippen LogP contribution in [0.3, 0.4) is 0 Å². The van der Waals surface area contributed by atoms with E-state index in [1.807, 2.05) is 0 Å². The summed E-state index contributed by atoms with van der Waals surface area (Å²) in [5, 5.41) is 1.09. The van der Waals surface area contributed by atoms with Gasteiger partial charge in [-0.05, 0) is 30.2 Å². The number of aromatic amines is 1. The molecule has 0 aliphatic heterocycles. The largest absolute Gasteiger partial charge is 0.338 e. The van der Waals surface area contributed by atoms with Crippen LogP contribution in [0.25, 0.3) is 0 Å². The molecular weight excluding hydrogens is 299 g/mol. The third kappa shape index (κ3) is 4.59. The summed E-state index contributed by atoms with van der Waals surface area (Å²) in [6.07, 6.45) is 3.36. The molecule has 2 rings (SSSR count). The third-order valence-corrected chi connectivity index (χ3v) is 2.31. The number of halogens is 2. The van der Waals surface area contributed by atoms with Gasteiger partial charge in [-0.3, -0.25) is 4.79 Å². The monoisotopic (exact) mass is 312 g/mol. The van der Waals surface area contributed by atoms with E-state index in [-0.39, 0.29) is 30.7 Å². The van der Waals surface area contributed by atoms with Crippen LogP contribution >= 0.6 is 24.8 Å². The summed E-state index contributed by atoms with van der Waals surface area (Å²) >= 11 is 0. The maximum Gasteiger partial charge on any atom is 0.238 e. The Kier molecular flexibility index (Phi) is 7.40. The van der Waals surface area contributed by atoms with Gasteiger partial charge in [0.2, 0.25) is 5.91 Å². The number of hydrogen-bond acceptors (Lipinski definition) is 3.